The molecule has 9 heteroatoms. The van der Waals surface area contributed by atoms with Gasteiger partial charge in [0.05, 0.1) is 17.2 Å². The first-order valence-electron chi connectivity index (χ1n) is 13.2. The summed E-state index contributed by atoms with van der Waals surface area (Å²) in [5, 5.41) is 2.73. The number of thiocarbonyl (C=S) groups is 1. The summed E-state index contributed by atoms with van der Waals surface area (Å²) in [7, 11) is 0. The van der Waals surface area contributed by atoms with Gasteiger partial charge in [0.25, 0.3) is 11.8 Å². The van der Waals surface area contributed by atoms with E-state index in [1.54, 1.807) is 30.3 Å². The number of anilines is 2. The molecule has 1 heterocycles. The molecule has 1 N–H and O–H groups in total. The van der Waals surface area contributed by atoms with E-state index in [1.807, 2.05) is 50.2 Å². The van der Waals surface area contributed by atoms with Crippen LogP contribution in [0.25, 0.3) is 6.08 Å². The van der Waals surface area contributed by atoms with Gasteiger partial charge in [-0.15, -0.1) is 0 Å². The van der Waals surface area contributed by atoms with Crippen molar-refractivity contribution in [3.8, 4) is 11.5 Å². The van der Waals surface area contributed by atoms with E-state index in [4.69, 9.17) is 21.7 Å². The number of carbonyl (C=O) groups excluding carboxylic acids is 2. The van der Waals surface area contributed by atoms with Crippen LogP contribution in [-0.2, 0) is 11.4 Å². The van der Waals surface area contributed by atoms with Crippen molar-refractivity contribution < 1.29 is 23.5 Å². The highest BCUT2D eigenvalue weighted by molar-refractivity contribution is 8.27. The Morgan fingerprint density at radius 1 is 0.976 bits per heavy atom. The summed E-state index contributed by atoms with van der Waals surface area (Å²) in [6.45, 7) is 4.80. The molecule has 0 spiro atoms. The van der Waals surface area contributed by atoms with Gasteiger partial charge in [-0.25, -0.2) is 4.39 Å². The van der Waals surface area contributed by atoms with Gasteiger partial charge >= 0.3 is 0 Å². The summed E-state index contributed by atoms with van der Waals surface area (Å²) < 4.78 is 25.4. The first-order valence-corrected chi connectivity index (χ1v) is 14.4. The van der Waals surface area contributed by atoms with Gasteiger partial charge in [-0.2, -0.15) is 0 Å². The molecule has 4 aromatic rings. The molecule has 42 heavy (non-hydrogen) atoms. The van der Waals surface area contributed by atoms with E-state index in [0.717, 1.165) is 16.7 Å². The molecule has 0 aromatic heterocycles. The molecule has 1 aliphatic rings. The van der Waals surface area contributed by atoms with Crippen LogP contribution in [0, 0.1) is 12.7 Å². The molecule has 212 valence electrons. The highest BCUT2D eigenvalue weighted by atomic mass is 32.2. The van der Waals surface area contributed by atoms with Crippen molar-refractivity contribution in [2.24, 2.45) is 0 Å². The number of hydrogen-bond donors (Lipinski definition) is 1. The van der Waals surface area contributed by atoms with E-state index in [2.05, 4.69) is 11.4 Å². The molecular formula is C33H27FN2O4S2. The van der Waals surface area contributed by atoms with Crippen LogP contribution in [-0.4, -0.2) is 22.7 Å². The van der Waals surface area contributed by atoms with Crippen molar-refractivity contribution in [2.75, 3.05) is 16.8 Å². The topological polar surface area (TPSA) is 67.9 Å². The molecule has 6 nitrogen and oxygen atoms in total. The average Bonchev–Trinajstić information content (AvgIpc) is 3.26. The zero-order valence-electron chi connectivity index (χ0n) is 22.9. The third-order valence-corrected chi connectivity index (χ3v) is 7.61. The number of nitrogens with zero attached hydrogens (tertiary/aromatic N) is 1. The number of aryl methyl sites for hydroxylation is 1. The van der Waals surface area contributed by atoms with Gasteiger partial charge in [-0.1, -0.05) is 65.9 Å². The average molecular weight is 599 g/mol. The number of thioether (sulfide) groups is 1. The Bertz CT molecular complexity index is 1690. The minimum atomic E-state index is -0.395. The lowest BCUT2D eigenvalue weighted by atomic mass is 10.1. The summed E-state index contributed by atoms with van der Waals surface area (Å²) in [6.07, 6.45) is 1.76. The van der Waals surface area contributed by atoms with Crippen molar-refractivity contribution in [2.45, 2.75) is 20.5 Å². The predicted molar refractivity (Wildman–Crippen MR) is 170 cm³/mol. The van der Waals surface area contributed by atoms with Gasteiger partial charge in [0, 0.05) is 11.3 Å². The highest BCUT2D eigenvalue weighted by Gasteiger charge is 2.33. The number of benzene rings is 4. The molecule has 0 unspecified atom stereocenters. The van der Waals surface area contributed by atoms with E-state index >= 15 is 0 Å². The number of nitrogens with one attached hydrogen (secondary N) is 1. The Labute approximate surface area is 253 Å². The Morgan fingerprint density at radius 3 is 2.52 bits per heavy atom. The van der Waals surface area contributed by atoms with Crippen molar-refractivity contribution in [1.82, 2.24) is 0 Å². The number of amides is 2. The highest BCUT2D eigenvalue weighted by Crippen LogP contribution is 2.37. The van der Waals surface area contributed by atoms with Gasteiger partial charge in [0.1, 0.15) is 12.4 Å². The lowest BCUT2D eigenvalue weighted by molar-refractivity contribution is -0.113. The maximum Gasteiger partial charge on any atom is 0.270 e. The largest absolute Gasteiger partial charge is 0.490 e. The second kappa shape index (κ2) is 13.0. The number of hydrogen-bond acceptors (Lipinski definition) is 6. The minimum absolute atomic E-state index is 0.293. The summed E-state index contributed by atoms with van der Waals surface area (Å²) in [5.74, 6) is 0.110. The lowest BCUT2D eigenvalue weighted by Crippen LogP contribution is -2.27. The van der Waals surface area contributed by atoms with Crippen molar-refractivity contribution >= 4 is 57.6 Å². The minimum Gasteiger partial charge on any atom is -0.490 e. The third kappa shape index (κ3) is 6.87. The maximum atomic E-state index is 13.4. The molecule has 5 rings (SSSR count). The zero-order valence-corrected chi connectivity index (χ0v) is 24.6. The van der Waals surface area contributed by atoms with Crippen LogP contribution in [0.1, 0.15) is 34.0 Å². The molecule has 0 bridgehead atoms. The number of rotatable bonds is 9. The predicted octanol–water partition coefficient (Wildman–Crippen LogP) is 7.77. The van der Waals surface area contributed by atoms with Gasteiger partial charge < -0.3 is 14.8 Å². The van der Waals surface area contributed by atoms with E-state index in [1.165, 1.54) is 40.9 Å². The Morgan fingerprint density at radius 2 is 1.76 bits per heavy atom. The second-order valence-electron chi connectivity index (χ2n) is 9.45. The molecule has 0 saturated carbocycles. The molecule has 2 amide bonds. The summed E-state index contributed by atoms with van der Waals surface area (Å²) in [6, 6.07) is 25.8. The van der Waals surface area contributed by atoms with Crippen LogP contribution in [0.15, 0.2) is 95.9 Å². The SMILES string of the molecule is CCOc1cc(/C=C2/SC(=S)N(c3cccc(C(=O)Nc4ccc(F)cc4)c3)C2=O)ccc1OCc1cccc(C)c1. The van der Waals surface area contributed by atoms with Crippen molar-refractivity contribution in [3.63, 3.8) is 0 Å². The van der Waals surface area contributed by atoms with E-state index in [-0.39, 0.29) is 5.91 Å². The fraction of sp³-hybridized carbons (Fsp3) is 0.121. The Balaban J connectivity index is 1.32. The normalized spacial score (nSPS) is 13.9. The lowest BCUT2D eigenvalue weighted by Gasteiger charge is -2.15. The first-order chi connectivity index (χ1) is 20.3. The second-order valence-corrected chi connectivity index (χ2v) is 11.1. The standard InChI is InChI=1S/C33H27FN2O4S2/c1-3-39-29-17-22(10-15-28(29)40-20-23-7-4-6-21(2)16-23)18-30-32(38)36(33(41)42-30)27-9-5-8-24(19-27)31(37)35-26-13-11-25(34)12-14-26/h4-19H,3,20H2,1-2H3,(H,35,37)/b30-18+. The number of ether oxygens (including phenoxy) is 2. The summed E-state index contributed by atoms with van der Waals surface area (Å²) in [5.41, 5.74) is 4.24. The van der Waals surface area contributed by atoms with Crippen LogP contribution in [0.4, 0.5) is 15.8 Å². The Kier molecular flexibility index (Phi) is 9.00. The van der Waals surface area contributed by atoms with Crippen molar-refractivity contribution in [1.29, 1.82) is 0 Å². The van der Waals surface area contributed by atoms with Crippen LogP contribution in [0.2, 0.25) is 0 Å². The van der Waals surface area contributed by atoms with Gasteiger partial charge in [-0.05, 0) is 85.6 Å². The molecule has 0 atom stereocenters. The maximum absolute atomic E-state index is 13.4. The smallest absolute Gasteiger partial charge is 0.270 e. The fourth-order valence-electron chi connectivity index (χ4n) is 4.33. The van der Waals surface area contributed by atoms with Crippen LogP contribution < -0.4 is 19.7 Å². The van der Waals surface area contributed by atoms with E-state index in [0.29, 0.717) is 50.9 Å². The molecule has 1 aliphatic heterocycles. The Hall–Kier alpha value is -4.47. The van der Waals surface area contributed by atoms with Gasteiger partial charge in [0.2, 0.25) is 0 Å². The fourth-order valence-corrected chi connectivity index (χ4v) is 5.63. The van der Waals surface area contributed by atoms with Gasteiger partial charge in [0.15, 0.2) is 15.8 Å². The third-order valence-electron chi connectivity index (χ3n) is 6.30. The molecule has 4 aromatic carbocycles. The first kappa shape index (κ1) is 29.0. The molecule has 1 fully saturated rings. The van der Waals surface area contributed by atoms with E-state index in [9.17, 15) is 14.0 Å². The van der Waals surface area contributed by atoms with Crippen molar-refractivity contribution in [3.05, 3.63) is 124 Å². The van der Waals surface area contributed by atoms with Crippen LogP contribution in [0.5, 0.6) is 11.5 Å². The number of carbonyl (C=O) groups is 2. The van der Waals surface area contributed by atoms with Crippen LogP contribution in [0.3, 0.4) is 0 Å². The molecule has 0 aliphatic carbocycles. The summed E-state index contributed by atoms with van der Waals surface area (Å²) >= 11 is 6.73. The van der Waals surface area contributed by atoms with E-state index < -0.39 is 11.7 Å². The van der Waals surface area contributed by atoms with Gasteiger partial charge in [-0.3, -0.25) is 14.5 Å². The quantitative estimate of drug-likeness (QED) is 0.157. The monoisotopic (exact) mass is 598 g/mol. The molecule has 1 saturated heterocycles. The number of halogens is 1. The summed E-state index contributed by atoms with van der Waals surface area (Å²) in [4.78, 5) is 28.1. The zero-order chi connectivity index (χ0) is 29.6. The van der Waals surface area contributed by atoms with Crippen LogP contribution >= 0.6 is 24.0 Å². The molecular weight excluding hydrogens is 572 g/mol. The molecule has 0 radical (unpaired) electrons.